The Morgan fingerprint density at radius 2 is 2.25 bits per heavy atom. The number of furan rings is 1. The second-order valence-corrected chi connectivity index (χ2v) is 4.51. The summed E-state index contributed by atoms with van der Waals surface area (Å²) in [5, 5.41) is 10.4. The van der Waals surface area contributed by atoms with E-state index in [9.17, 15) is 5.11 Å². The first kappa shape index (κ1) is 9.73. The quantitative estimate of drug-likeness (QED) is 0.798. The maximum Gasteiger partial charge on any atom is 0.134 e. The minimum absolute atomic E-state index is 0.291. The van der Waals surface area contributed by atoms with E-state index in [1.54, 1.807) is 12.1 Å². The largest absolute Gasteiger partial charge is 0.508 e. The Kier molecular flexibility index (Phi) is 2.14. The molecule has 1 aliphatic rings. The molecule has 1 aliphatic heterocycles. The molecular formula is C13H15NO2. The van der Waals surface area contributed by atoms with Gasteiger partial charge in [0.2, 0.25) is 0 Å². The van der Waals surface area contributed by atoms with E-state index in [-0.39, 0.29) is 0 Å². The number of hydrogen-bond donors (Lipinski definition) is 1. The van der Waals surface area contributed by atoms with Crippen molar-refractivity contribution in [2.24, 2.45) is 0 Å². The molecule has 2 aromatic rings. The smallest absolute Gasteiger partial charge is 0.134 e. The van der Waals surface area contributed by atoms with E-state index >= 15 is 0 Å². The van der Waals surface area contributed by atoms with Crippen molar-refractivity contribution in [3.63, 3.8) is 0 Å². The van der Waals surface area contributed by atoms with Crippen LogP contribution in [0.1, 0.15) is 24.6 Å². The van der Waals surface area contributed by atoms with Crippen molar-refractivity contribution in [2.75, 3.05) is 13.6 Å². The zero-order chi connectivity index (χ0) is 11.1. The van der Waals surface area contributed by atoms with Crippen LogP contribution in [0, 0.1) is 0 Å². The fourth-order valence-electron chi connectivity index (χ4n) is 2.49. The van der Waals surface area contributed by atoms with Crippen LogP contribution in [0.3, 0.4) is 0 Å². The van der Waals surface area contributed by atoms with Gasteiger partial charge in [-0.2, -0.15) is 0 Å². The number of rotatable bonds is 1. The number of benzene rings is 1. The van der Waals surface area contributed by atoms with Gasteiger partial charge in [0.15, 0.2) is 0 Å². The van der Waals surface area contributed by atoms with Gasteiger partial charge in [0.05, 0.1) is 6.04 Å². The van der Waals surface area contributed by atoms with Crippen molar-refractivity contribution >= 4 is 11.0 Å². The lowest BCUT2D eigenvalue weighted by Crippen LogP contribution is -2.16. The zero-order valence-corrected chi connectivity index (χ0v) is 9.31. The number of likely N-dealkylation sites (tertiary alicyclic amines) is 1. The van der Waals surface area contributed by atoms with Crippen LogP contribution in [0.4, 0.5) is 0 Å². The van der Waals surface area contributed by atoms with E-state index < -0.39 is 0 Å². The van der Waals surface area contributed by atoms with Crippen molar-refractivity contribution in [1.29, 1.82) is 0 Å². The summed E-state index contributed by atoms with van der Waals surface area (Å²) in [5.41, 5.74) is 0.855. The summed E-state index contributed by atoms with van der Waals surface area (Å²) in [7, 11) is 2.13. The summed E-state index contributed by atoms with van der Waals surface area (Å²) < 4.78 is 5.82. The Hall–Kier alpha value is -1.48. The van der Waals surface area contributed by atoms with Crippen LogP contribution in [-0.2, 0) is 0 Å². The van der Waals surface area contributed by atoms with Crippen LogP contribution in [0.15, 0.2) is 28.7 Å². The molecule has 16 heavy (non-hydrogen) atoms. The van der Waals surface area contributed by atoms with Crippen LogP contribution in [-0.4, -0.2) is 23.6 Å². The minimum atomic E-state index is 0.291. The highest BCUT2D eigenvalue weighted by molar-refractivity contribution is 5.79. The van der Waals surface area contributed by atoms with Crippen molar-refractivity contribution in [3.05, 3.63) is 30.0 Å². The van der Waals surface area contributed by atoms with E-state index in [1.165, 1.54) is 6.42 Å². The zero-order valence-electron chi connectivity index (χ0n) is 9.31. The third-order valence-corrected chi connectivity index (χ3v) is 3.37. The highest BCUT2D eigenvalue weighted by Crippen LogP contribution is 2.34. The second kappa shape index (κ2) is 3.52. The molecule has 1 saturated heterocycles. The van der Waals surface area contributed by atoms with E-state index in [4.69, 9.17) is 4.42 Å². The molecule has 3 rings (SSSR count). The summed E-state index contributed by atoms with van der Waals surface area (Å²) in [6, 6.07) is 7.67. The van der Waals surface area contributed by atoms with Crippen molar-refractivity contribution < 1.29 is 9.52 Å². The Bertz CT molecular complexity index is 518. The average molecular weight is 217 g/mol. The first-order chi connectivity index (χ1) is 7.74. The number of hydrogen-bond acceptors (Lipinski definition) is 3. The molecule has 1 unspecified atom stereocenters. The third kappa shape index (κ3) is 1.48. The molecule has 0 aliphatic carbocycles. The lowest BCUT2D eigenvalue weighted by atomic mass is 10.1. The number of fused-ring (bicyclic) bond motifs is 1. The standard InChI is InChI=1S/C13H15NO2/c1-14-6-2-3-11(14)13-8-9-7-10(15)4-5-12(9)16-13/h4-5,7-8,11,15H,2-3,6H2,1H3. The van der Waals surface area contributed by atoms with Crippen LogP contribution in [0.5, 0.6) is 5.75 Å². The normalized spacial score (nSPS) is 21.9. The summed E-state index contributed by atoms with van der Waals surface area (Å²) >= 11 is 0. The maximum absolute atomic E-state index is 9.40. The maximum atomic E-state index is 9.40. The monoisotopic (exact) mass is 217 g/mol. The number of phenolic OH excluding ortho intramolecular Hbond substituents is 1. The van der Waals surface area contributed by atoms with E-state index in [2.05, 4.69) is 11.9 Å². The average Bonchev–Trinajstić information content (AvgIpc) is 2.82. The number of phenols is 1. The molecule has 1 fully saturated rings. The van der Waals surface area contributed by atoms with Crippen molar-refractivity contribution in [1.82, 2.24) is 4.90 Å². The van der Waals surface area contributed by atoms with E-state index in [0.29, 0.717) is 11.8 Å². The molecule has 0 saturated carbocycles. The molecule has 84 valence electrons. The molecule has 2 heterocycles. The lowest BCUT2D eigenvalue weighted by Gasteiger charge is -2.16. The van der Waals surface area contributed by atoms with Crippen LogP contribution in [0.25, 0.3) is 11.0 Å². The highest BCUT2D eigenvalue weighted by atomic mass is 16.3. The topological polar surface area (TPSA) is 36.6 Å². The lowest BCUT2D eigenvalue weighted by molar-refractivity contribution is 0.281. The van der Waals surface area contributed by atoms with Crippen LogP contribution in [0.2, 0.25) is 0 Å². The van der Waals surface area contributed by atoms with Gasteiger partial charge in [-0.25, -0.2) is 0 Å². The predicted octanol–water partition coefficient (Wildman–Crippen LogP) is 2.91. The molecule has 3 nitrogen and oxygen atoms in total. The Labute approximate surface area is 94.3 Å². The van der Waals surface area contributed by atoms with Gasteiger partial charge in [-0.1, -0.05) is 0 Å². The Morgan fingerprint density at radius 1 is 1.38 bits per heavy atom. The van der Waals surface area contributed by atoms with Gasteiger partial charge in [0.1, 0.15) is 17.1 Å². The molecule has 0 radical (unpaired) electrons. The molecule has 1 aromatic carbocycles. The Morgan fingerprint density at radius 3 is 3.00 bits per heavy atom. The van der Waals surface area contributed by atoms with E-state index in [0.717, 1.165) is 29.7 Å². The van der Waals surface area contributed by atoms with Gasteiger partial charge >= 0.3 is 0 Å². The third-order valence-electron chi connectivity index (χ3n) is 3.37. The SMILES string of the molecule is CN1CCCC1c1cc2cc(O)ccc2o1. The van der Waals surface area contributed by atoms with Gasteiger partial charge < -0.3 is 9.52 Å². The van der Waals surface area contributed by atoms with Gasteiger partial charge in [-0.05, 0) is 50.7 Å². The summed E-state index contributed by atoms with van der Waals surface area (Å²) in [6.07, 6.45) is 2.38. The van der Waals surface area contributed by atoms with Gasteiger partial charge in [-0.3, -0.25) is 4.90 Å². The second-order valence-electron chi connectivity index (χ2n) is 4.51. The van der Waals surface area contributed by atoms with Crippen LogP contribution < -0.4 is 0 Å². The minimum Gasteiger partial charge on any atom is -0.508 e. The molecule has 1 N–H and O–H groups in total. The molecule has 0 amide bonds. The number of nitrogens with zero attached hydrogens (tertiary/aromatic N) is 1. The summed E-state index contributed by atoms with van der Waals surface area (Å²) in [5.74, 6) is 1.31. The van der Waals surface area contributed by atoms with Crippen molar-refractivity contribution in [2.45, 2.75) is 18.9 Å². The fourth-order valence-corrected chi connectivity index (χ4v) is 2.49. The van der Waals surface area contributed by atoms with E-state index in [1.807, 2.05) is 12.1 Å². The fraction of sp³-hybridized carbons (Fsp3) is 0.385. The van der Waals surface area contributed by atoms with Gasteiger partial charge in [0.25, 0.3) is 0 Å². The summed E-state index contributed by atoms with van der Waals surface area (Å²) in [4.78, 5) is 2.32. The molecule has 1 aromatic heterocycles. The van der Waals surface area contributed by atoms with Gasteiger partial charge in [0, 0.05) is 5.39 Å². The van der Waals surface area contributed by atoms with Crippen LogP contribution >= 0.6 is 0 Å². The Balaban J connectivity index is 2.04. The molecule has 3 heteroatoms. The highest BCUT2D eigenvalue weighted by Gasteiger charge is 2.25. The molecular weight excluding hydrogens is 202 g/mol. The number of aromatic hydroxyl groups is 1. The molecule has 0 bridgehead atoms. The predicted molar refractivity (Wildman–Crippen MR) is 62.5 cm³/mol. The first-order valence-electron chi connectivity index (χ1n) is 5.67. The van der Waals surface area contributed by atoms with Gasteiger partial charge in [-0.15, -0.1) is 0 Å². The summed E-state index contributed by atoms with van der Waals surface area (Å²) in [6.45, 7) is 1.13. The molecule has 1 atom stereocenters. The first-order valence-corrected chi connectivity index (χ1v) is 5.67. The van der Waals surface area contributed by atoms with Crippen molar-refractivity contribution in [3.8, 4) is 5.75 Å². The molecule has 0 spiro atoms.